The van der Waals surface area contributed by atoms with Gasteiger partial charge in [0.05, 0.1) is 6.54 Å². The second-order valence-electron chi connectivity index (χ2n) is 5.66. The van der Waals surface area contributed by atoms with Gasteiger partial charge in [-0.3, -0.25) is 4.99 Å². The molecule has 1 unspecified atom stereocenters. The maximum atomic E-state index is 13.1. The highest BCUT2D eigenvalue weighted by atomic mass is 35.5. The predicted molar refractivity (Wildman–Crippen MR) is 103 cm³/mol. The molecule has 0 aliphatic carbocycles. The van der Waals surface area contributed by atoms with Crippen molar-refractivity contribution < 1.29 is 9.13 Å². The molecular weight excluding hydrogens is 355 g/mol. The van der Waals surface area contributed by atoms with Crippen molar-refractivity contribution in [1.82, 2.24) is 15.6 Å². The molecule has 1 aromatic heterocycles. The largest absolute Gasteiger partial charge is 0.375 e. The van der Waals surface area contributed by atoms with Gasteiger partial charge in [-0.1, -0.05) is 29.8 Å². The number of rotatable bonds is 8. The van der Waals surface area contributed by atoms with Crippen molar-refractivity contribution in [3.05, 3.63) is 64.7 Å². The average molecular weight is 379 g/mol. The summed E-state index contributed by atoms with van der Waals surface area (Å²) in [6, 6.07) is 10.0. The lowest BCUT2D eigenvalue weighted by Crippen LogP contribution is -2.38. The quantitative estimate of drug-likeness (QED) is 0.420. The van der Waals surface area contributed by atoms with Crippen molar-refractivity contribution in [3.8, 4) is 0 Å². The molecule has 5 nitrogen and oxygen atoms in total. The van der Waals surface area contributed by atoms with Gasteiger partial charge in [0.25, 0.3) is 0 Å². The average Bonchev–Trinajstić information content (AvgIpc) is 2.65. The minimum absolute atomic E-state index is 0.230. The number of hydrogen-bond acceptors (Lipinski definition) is 3. The molecule has 2 N–H and O–H groups in total. The second kappa shape index (κ2) is 10.7. The van der Waals surface area contributed by atoms with Crippen LogP contribution in [0.5, 0.6) is 0 Å². The zero-order chi connectivity index (χ0) is 18.8. The van der Waals surface area contributed by atoms with Crippen molar-refractivity contribution in [2.75, 3.05) is 26.7 Å². The molecule has 1 aromatic carbocycles. The van der Waals surface area contributed by atoms with Crippen molar-refractivity contribution in [3.63, 3.8) is 0 Å². The zero-order valence-corrected chi connectivity index (χ0v) is 15.8. The fraction of sp³-hybridized carbons (Fsp3) is 0.368. The minimum Gasteiger partial charge on any atom is -0.375 e. The van der Waals surface area contributed by atoms with Gasteiger partial charge in [-0.05, 0) is 42.7 Å². The number of ether oxygens (including phenoxy) is 1. The highest BCUT2D eigenvalue weighted by molar-refractivity contribution is 6.29. The normalized spacial score (nSPS) is 12.7. The van der Waals surface area contributed by atoms with Gasteiger partial charge in [0.2, 0.25) is 0 Å². The fourth-order valence-corrected chi connectivity index (χ4v) is 2.50. The number of halogens is 2. The maximum absolute atomic E-state index is 13.1. The predicted octanol–water partition coefficient (Wildman–Crippen LogP) is 3.36. The van der Waals surface area contributed by atoms with Crippen LogP contribution >= 0.6 is 11.6 Å². The van der Waals surface area contributed by atoms with Gasteiger partial charge in [-0.15, -0.1) is 0 Å². The van der Waals surface area contributed by atoms with Crippen LogP contribution in [0.3, 0.4) is 0 Å². The van der Waals surface area contributed by atoms with Gasteiger partial charge in [-0.2, -0.15) is 0 Å². The molecular formula is C19H24ClFN4O. The molecule has 1 atom stereocenters. The summed E-state index contributed by atoms with van der Waals surface area (Å²) in [6.45, 7) is 3.90. The Hall–Kier alpha value is -2.18. The molecule has 2 aromatic rings. The van der Waals surface area contributed by atoms with E-state index in [1.807, 2.05) is 13.0 Å². The molecule has 0 saturated carbocycles. The number of benzene rings is 1. The molecule has 1 heterocycles. The number of guanidine groups is 1. The summed E-state index contributed by atoms with van der Waals surface area (Å²) in [4.78, 5) is 8.64. The molecule has 26 heavy (non-hydrogen) atoms. The van der Waals surface area contributed by atoms with E-state index in [1.54, 1.807) is 31.5 Å². The Kier molecular flexibility index (Phi) is 8.31. The Morgan fingerprint density at radius 2 is 2.00 bits per heavy atom. The van der Waals surface area contributed by atoms with E-state index in [9.17, 15) is 4.39 Å². The first-order chi connectivity index (χ1) is 12.6. The zero-order valence-electron chi connectivity index (χ0n) is 15.0. The molecule has 0 aliphatic heterocycles. The van der Waals surface area contributed by atoms with Crippen LogP contribution in [0.25, 0.3) is 0 Å². The summed E-state index contributed by atoms with van der Waals surface area (Å²) in [7, 11) is 1.62. The summed E-state index contributed by atoms with van der Waals surface area (Å²) in [5.74, 6) is 0.442. The van der Waals surface area contributed by atoms with Crippen LogP contribution in [0.1, 0.15) is 24.2 Å². The van der Waals surface area contributed by atoms with E-state index < -0.39 is 0 Å². The lowest BCUT2D eigenvalue weighted by molar-refractivity contribution is 0.111. The van der Waals surface area contributed by atoms with Crippen molar-refractivity contribution in [2.45, 2.75) is 19.4 Å². The van der Waals surface area contributed by atoms with Crippen LogP contribution in [0.4, 0.5) is 4.39 Å². The van der Waals surface area contributed by atoms with Crippen LogP contribution in [-0.2, 0) is 11.2 Å². The van der Waals surface area contributed by atoms with Gasteiger partial charge < -0.3 is 15.4 Å². The molecule has 0 spiro atoms. The van der Waals surface area contributed by atoms with Gasteiger partial charge >= 0.3 is 0 Å². The number of hydrogen-bond donors (Lipinski definition) is 2. The van der Waals surface area contributed by atoms with E-state index in [1.165, 1.54) is 12.1 Å². The number of aliphatic imine (C=N–C) groups is 1. The van der Waals surface area contributed by atoms with E-state index in [4.69, 9.17) is 16.3 Å². The van der Waals surface area contributed by atoms with Gasteiger partial charge in [0.1, 0.15) is 17.1 Å². The molecule has 0 radical (unpaired) electrons. The third-order valence-corrected chi connectivity index (χ3v) is 4.00. The summed E-state index contributed by atoms with van der Waals surface area (Å²) in [5, 5.41) is 6.98. The fourth-order valence-electron chi connectivity index (χ4n) is 2.39. The van der Waals surface area contributed by atoms with E-state index in [-0.39, 0.29) is 11.9 Å². The lowest BCUT2D eigenvalue weighted by Gasteiger charge is -2.16. The molecule has 0 saturated heterocycles. The van der Waals surface area contributed by atoms with Crippen LogP contribution in [0.2, 0.25) is 5.15 Å². The van der Waals surface area contributed by atoms with E-state index in [2.05, 4.69) is 20.6 Å². The van der Waals surface area contributed by atoms with Crippen LogP contribution in [-0.4, -0.2) is 37.7 Å². The summed E-state index contributed by atoms with van der Waals surface area (Å²) < 4.78 is 18.6. The van der Waals surface area contributed by atoms with Crippen molar-refractivity contribution >= 4 is 17.6 Å². The van der Waals surface area contributed by atoms with E-state index in [0.717, 1.165) is 24.1 Å². The Labute approximate surface area is 158 Å². The molecule has 0 aliphatic rings. The monoisotopic (exact) mass is 378 g/mol. The Balaban J connectivity index is 1.91. The first-order valence-electron chi connectivity index (χ1n) is 8.53. The summed E-state index contributed by atoms with van der Waals surface area (Å²) in [5.41, 5.74) is 1.99. The Morgan fingerprint density at radius 3 is 2.62 bits per heavy atom. The first-order valence-corrected chi connectivity index (χ1v) is 8.91. The third kappa shape index (κ3) is 6.61. The molecule has 140 valence electrons. The number of aromatic nitrogens is 1. The number of nitrogens with one attached hydrogen (secondary N) is 2. The first kappa shape index (κ1) is 20.1. The van der Waals surface area contributed by atoms with Gasteiger partial charge in [0.15, 0.2) is 5.96 Å². The molecule has 0 fully saturated rings. The molecule has 2 rings (SSSR count). The number of methoxy groups -OCH3 is 1. The topological polar surface area (TPSA) is 58.5 Å². The standard InChI is InChI=1S/C19H24ClFN4O/c1-3-22-19(23-11-10-14-4-9-18(20)24-12-14)25-13-17(26-2)15-5-7-16(21)8-6-15/h4-9,12,17H,3,10-11,13H2,1-2H3,(H2,22,23,25). The highest BCUT2D eigenvalue weighted by Crippen LogP contribution is 2.17. The maximum Gasteiger partial charge on any atom is 0.191 e. The minimum atomic E-state index is -0.265. The Morgan fingerprint density at radius 1 is 1.23 bits per heavy atom. The van der Waals surface area contributed by atoms with Crippen molar-refractivity contribution in [1.29, 1.82) is 0 Å². The second-order valence-corrected chi connectivity index (χ2v) is 6.05. The summed E-state index contributed by atoms with van der Waals surface area (Å²) >= 11 is 5.79. The van der Waals surface area contributed by atoms with Gasteiger partial charge in [0, 0.05) is 26.4 Å². The molecule has 0 amide bonds. The lowest BCUT2D eigenvalue weighted by atomic mass is 10.1. The van der Waals surface area contributed by atoms with Crippen LogP contribution in [0, 0.1) is 5.82 Å². The number of pyridine rings is 1. The van der Waals surface area contributed by atoms with Crippen LogP contribution in [0.15, 0.2) is 47.6 Å². The highest BCUT2D eigenvalue weighted by Gasteiger charge is 2.10. The smallest absolute Gasteiger partial charge is 0.191 e. The Bertz CT molecular complexity index is 692. The van der Waals surface area contributed by atoms with Crippen LogP contribution < -0.4 is 10.6 Å². The van der Waals surface area contributed by atoms with Gasteiger partial charge in [-0.25, -0.2) is 9.37 Å². The summed E-state index contributed by atoms with van der Waals surface area (Å²) in [6.07, 6.45) is 2.34. The number of nitrogens with zero attached hydrogens (tertiary/aromatic N) is 2. The molecule has 7 heteroatoms. The van der Waals surface area contributed by atoms with Crippen molar-refractivity contribution in [2.24, 2.45) is 4.99 Å². The SMILES string of the molecule is CCNC(=NCC(OC)c1ccc(F)cc1)NCCc1ccc(Cl)nc1. The molecule has 0 bridgehead atoms. The van der Waals surface area contributed by atoms with E-state index in [0.29, 0.717) is 24.2 Å². The van der Waals surface area contributed by atoms with E-state index >= 15 is 0 Å². The third-order valence-electron chi connectivity index (χ3n) is 3.78.